The molecule has 35 heavy (non-hydrogen) atoms. The molecule has 3 aromatic rings. The molecular weight excluding hydrogens is 530 g/mol. The fraction of sp³-hybridized carbons (Fsp3) is 0.174. The van der Waals surface area contributed by atoms with Crippen LogP contribution >= 0.6 is 23.2 Å². The number of sulfone groups is 1. The summed E-state index contributed by atoms with van der Waals surface area (Å²) in [5.74, 6) is -2.76. The van der Waals surface area contributed by atoms with E-state index in [-0.39, 0.29) is 4.90 Å². The monoisotopic (exact) mass is 549 g/mol. The minimum Gasteiger partial charge on any atom is -0.475 e. The van der Waals surface area contributed by atoms with Gasteiger partial charge in [0.2, 0.25) is 0 Å². The number of rotatable bonds is 5. The second-order valence-electron chi connectivity index (χ2n) is 7.37. The number of aliphatic carboxylic acids is 1. The minimum absolute atomic E-state index is 0.260. The van der Waals surface area contributed by atoms with Crippen molar-refractivity contribution in [1.82, 2.24) is 0 Å². The molecule has 0 amide bonds. The van der Waals surface area contributed by atoms with Gasteiger partial charge in [-0.25, -0.2) is 13.2 Å². The van der Waals surface area contributed by atoms with Gasteiger partial charge in [-0.05, 0) is 46.5 Å². The Morgan fingerprint density at radius 1 is 0.914 bits per heavy atom. The number of aliphatic hydroxyl groups is 1. The number of nitrogens with two attached hydrogens (primary N) is 1. The summed E-state index contributed by atoms with van der Waals surface area (Å²) in [6.07, 6.45) is -4.84. The van der Waals surface area contributed by atoms with Crippen LogP contribution in [0.1, 0.15) is 23.3 Å². The van der Waals surface area contributed by atoms with Gasteiger partial charge in [-0.15, -0.1) is 0 Å². The van der Waals surface area contributed by atoms with E-state index in [0.29, 0.717) is 21.2 Å². The zero-order valence-corrected chi connectivity index (χ0v) is 20.3. The molecule has 0 aromatic heterocycles. The Labute approximate surface area is 209 Å². The lowest BCUT2D eigenvalue weighted by molar-refractivity contribution is -0.192. The number of carboxylic acids is 1. The Bertz CT molecular complexity index is 1300. The maximum Gasteiger partial charge on any atom is 0.490 e. The molecule has 0 aliphatic heterocycles. The SMILES string of the molecule is CS(=O)(=O)c1cccc(-c2ccc([C@@H](O)[C@@H](N)c3ccc(Cl)c(Cl)c3)cc2)c1.O=C(O)C(F)(F)F. The van der Waals surface area contributed by atoms with Crippen molar-refractivity contribution in [3.63, 3.8) is 0 Å². The van der Waals surface area contributed by atoms with Gasteiger partial charge in [-0.2, -0.15) is 13.2 Å². The van der Waals surface area contributed by atoms with Crippen molar-refractivity contribution in [2.45, 2.75) is 23.2 Å². The molecule has 0 saturated heterocycles. The van der Waals surface area contributed by atoms with Crippen LogP contribution in [0.5, 0.6) is 0 Å². The lowest BCUT2D eigenvalue weighted by Crippen LogP contribution is -2.21. The predicted octanol–water partition coefficient (Wildman–Crippen LogP) is 5.43. The van der Waals surface area contributed by atoms with Gasteiger partial charge in [0.25, 0.3) is 0 Å². The van der Waals surface area contributed by atoms with Crippen LogP contribution < -0.4 is 5.73 Å². The number of benzene rings is 3. The van der Waals surface area contributed by atoms with E-state index in [1.54, 1.807) is 48.5 Å². The highest BCUT2D eigenvalue weighted by atomic mass is 35.5. The average molecular weight is 550 g/mol. The molecule has 3 aromatic carbocycles. The molecule has 0 heterocycles. The quantitative estimate of drug-likeness (QED) is 0.390. The minimum atomic E-state index is -5.08. The molecule has 0 spiro atoms. The van der Waals surface area contributed by atoms with Crippen LogP contribution in [0.15, 0.2) is 71.6 Å². The van der Waals surface area contributed by atoms with Crippen LogP contribution in [0.25, 0.3) is 11.1 Å². The van der Waals surface area contributed by atoms with E-state index >= 15 is 0 Å². The second kappa shape index (κ2) is 11.4. The molecule has 0 unspecified atom stereocenters. The fourth-order valence-electron chi connectivity index (χ4n) is 2.89. The lowest BCUT2D eigenvalue weighted by Gasteiger charge is -2.20. The molecule has 2 atom stereocenters. The number of carbonyl (C=O) groups is 1. The average Bonchev–Trinajstić information content (AvgIpc) is 2.79. The van der Waals surface area contributed by atoms with Gasteiger partial charge in [0.1, 0.15) is 0 Å². The summed E-state index contributed by atoms with van der Waals surface area (Å²) in [5.41, 5.74) is 9.11. The summed E-state index contributed by atoms with van der Waals surface area (Å²) >= 11 is 12.0. The standard InChI is InChI=1S/C21H19Cl2NO3S.C2HF3O2/c1-28(26,27)17-4-2-3-15(11-17)13-5-7-14(8-6-13)21(25)20(24)16-9-10-18(22)19(23)12-16;3-2(4,5)1(6)7/h2-12,20-21,25H,24H2,1H3;(H,6,7)/t20-,21+;/m0./s1. The second-order valence-corrected chi connectivity index (χ2v) is 10.2. The van der Waals surface area contributed by atoms with E-state index < -0.39 is 34.1 Å². The normalized spacial score (nSPS) is 13.4. The topological polar surface area (TPSA) is 118 Å². The van der Waals surface area contributed by atoms with Crippen molar-refractivity contribution in [3.05, 3.63) is 87.9 Å². The molecule has 3 rings (SSSR count). The first kappa shape index (κ1) is 28.6. The van der Waals surface area contributed by atoms with Gasteiger partial charge >= 0.3 is 12.1 Å². The smallest absolute Gasteiger partial charge is 0.475 e. The van der Waals surface area contributed by atoms with Crippen molar-refractivity contribution >= 4 is 39.0 Å². The number of carboxylic acid groups (broad SMARTS) is 1. The van der Waals surface area contributed by atoms with Gasteiger partial charge < -0.3 is 15.9 Å². The molecule has 12 heteroatoms. The summed E-state index contributed by atoms with van der Waals surface area (Å²) in [5, 5.41) is 18.6. The van der Waals surface area contributed by atoms with Gasteiger partial charge in [-0.3, -0.25) is 0 Å². The molecule has 0 saturated carbocycles. The van der Waals surface area contributed by atoms with E-state index in [4.69, 9.17) is 38.8 Å². The number of alkyl halides is 3. The zero-order valence-electron chi connectivity index (χ0n) is 18.0. The Balaban J connectivity index is 0.000000540. The van der Waals surface area contributed by atoms with Gasteiger partial charge in [-0.1, -0.05) is 65.7 Å². The molecule has 188 valence electrons. The van der Waals surface area contributed by atoms with E-state index in [1.165, 1.54) is 6.26 Å². The van der Waals surface area contributed by atoms with Gasteiger partial charge in [0.05, 0.1) is 27.1 Å². The molecule has 4 N–H and O–H groups in total. The predicted molar refractivity (Wildman–Crippen MR) is 127 cm³/mol. The number of halogens is 5. The first-order valence-electron chi connectivity index (χ1n) is 9.70. The molecule has 6 nitrogen and oxygen atoms in total. The maximum absolute atomic E-state index is 11.7. The number of aliphatic hydroxyl groups excluding tert-OH is 1. The van der Waals surface area contributed by atoms with Crippen LogP contribution in [0.3, 0.4) is 0 Å². The van der Waals surface area contributed by atoms with E-state index in [2.05, 4.69) is 0 Å². The lowest BCUT2D eigenvalue weighted by atomic mass is 9.95. The fourth-order valence-corrected chi connectivity index (χ4v) is 3.86. The van der Waals surface area contributed by atoms with Crippen LogP contribution in [0.2, 0.25) is 10.0 Å². The third-order valence-electron chi connectivity index (χ3n) is 4.76. The number of hydrogen-bond donors (Lipinski definition) is 3. The summed E-state index contributed by atoms with van der Waals surface area (Å²) < 4.78 is 55.2. The molecule has 0 fully saturated rings. The first-order valence-corrected chi connectivity index (χ1v) is 12.3. The van der Waals surface area contributed by atoms with Crippen molar-refractivity contribution in [3.8, 4) is 11.1 Å². The van der Waals surface area contributed by atoms with Crippen molar-refractivity contribution in [1.29, 1.82) is 0 Å². The Hall–Kier alpha value is -2.63. The molecule has 0 bridgehead atoms. The first-order chi connectivity index (χ1) is 16.1. The number of hydrogen-bond acceptors (Lipinski definition) is 5. The largest absolute Gasteiger partial charge is 0.490 e. The highest BCUT2D eigenvalue weighted by Crippen LogP contribution is 2.32. The van der Waals surface area contributed by atoms with Gasteiger partial charge in [0, 0.05) is 6.26 Å². The van der Waals surface area contributed by atoms with Gasteiger partial charge in [0.15, 0.2) is 9.84 Å². The molecular formula is C23H20Cl2F3NO5S. The molecule has 0 radical (unpaired) electrons. The van der Waals surface area contributed by atoms with Crippen LogP contribution in [-0.2, 0) is 14.6 Å². The summed E-state index contributed by atoms with van der Waals surface area (Å²) in [7, 11) is -3.28. The molecule has 0 aliphatic rings. The summed E-state index contributed by atoms with van der Waals surface area (Å²) in [4.78, 5) is 9.16. The summed E-state index contributed by atoms with van der Waals surface area (Å²) in [6.45, 7) is 0. The Morgan fingerprint density at radius 3 is 1.94 bits per heavy atom. The van der Waals surface area contributed by atoms with E-state index in [0.717, 1.165) is 11.1 Å². The van der Waals surface area contributed by atoms with Crippen LogP contribution in [0.4, 0.5) is 13.2 Å². The highest BCUT2D eigenvalue weighted by Gasteiger charge is 2.38. The summed E-state index contributed by atoms with van der Waals surface area (Å²) in [6, 6.07) is 18.2. The third-order valence-corrected chi connectivity index (χ3v) is 6.61. The van der Waals surface area contributed by atoms with E-state index in [1.807, 2.05) is 18.2 Å². The maximum atomic E-state index is 11.7. The molecule has 0 aliphatic carbocycles. The van der Waals surface area contributed by atoms with Crippen LogP contribution in [0, 0.1) is 0 Å². The Kier molecular flexibility index (Phi) is 9.32. The third kappa shape index (κ3) is 7.94. The van der Waals surface area contributed by atoms with Crippen molar-refractivity contribution in [2.24, 2.45) is 5.73 Å². The zero-order chi connectivity index (χ0) is 26.6. The van der Waals surface area contributed by atoms with E-state index in [9.17, 15) is 26.7 Å². The van der Waals surface area contributed by atoms with Crippen molar-refractivity contribution in [2.75, 3.05) is 6.26 Å². The van der Waals surface area contributed by atoms with Crippen molar-refractivity contribution < 1.29 is 36.6 Å². The Morgan fingerprint density at radius 2 is 1.46 bits per heavy atom. The van der Waals surface area contributed by atoms with Crippen LogP contribution in [-0.4, -0.2) is 37.0 Å². The highest BCUT2D eigenvalue weighted by molar-refractivity contribution is 7.90.